The first kappa shape index (κ1) is 20.7. The highest BCUT2D eigenvalue weighted by atomic mass is 16.5. The van der Waals surface area contributed by atoms with E-state index in [4.69, 9.17) is 4.74 Å². The quantitative estimate of drug-likeness (QED) is 0.219. The highest BCUT2D eigenvalue weighted by molar-refractivity contribution is 5.69. The Morgan fingerprint density at radius 3 is 2.05 bits per heavy atom. The highest BCUT2D eigenvalue weighted by Crippen LogP contribution is 2.02. The van der Waals surface area contributed by atoms with E-state index < -0.39 is 0 Å². The maximum atomic E-state index is 11.1. The van der Waals surface area contributed by atoms with Crippen molar-refractivity contribution in [1.82, 2.24) is 0 Å². The first-order chi connectivity index (χ1) is 10.8. The number of carbonyl (C=O) groups is 1. The van der Waals surface area contributed by atoms with Gasteiger partial charge in [0.05, 0.1) is 6.61 Å². The van der Waals surface area contributed by atoms with Crippen LogP contribution in [0.4, 0.5) is 0 Å². The Morgan fingerprint density at radius 2 is 1.36 bits per heavy atom. The van der Waals surface area contributed by atoms with Gasteiger partial charge in [0.2, 0.25) is 0 Å². The van der Waals surface area contributed by atoms with E-state index >= 15 is 0 Å². The summed E-state index contributed by atoms with van der Waals surface area (Å²) >= 11 is 0. The van der Waals surface area contributed by atoms with Crippen LogP contribution in [-0.2, 0) is 9.53 Å². The van der Waals surface area contributed by atoms with E-state index in [0.717, 1.165) is 32.1 Å². The van der Waals surface area contributed by atoms with Crippen LogP contribution in [0.15, 0.2) is 36.5 Å². The van der Waals surface area contributed by atoms with E-state index in [0.29, 0.717) is 13.0 Å². The average Bonchev–Trinajstić information content (AvgIpc) is 2.51. The summed E-state index contributed by atoms with van der Waals surface area (Å²) < 4.78 is 4.88. The van der Waals surface area contributed by atoms with Gasteiger partial charge < -0.3 is 4.74 Å². The zero-order valence-corrected chi connectivity index (χ0v) is 14.6. The molecule has 22 heavy (non-hydrogen) atoms. The Bertz CT molecular complexity index is 327. The molecule has 0 aliphatic heterocycles. The average molecular weight is 306 g/mol. The third-order valence-electron chi connectivity index (χ3n) is 3.30. The molecule has 0 spiro atoms. The summed E-state index contributed by atoms with van der Waals surface area (Å²) in [4.78, 5) is 11.1. The zero-order valence-electron chi connectivity index (χ0n) is 14.6. The fourth-order valence-electron chi connectivity index (χ4n) is 2.04. The van der Waals surface area contributed by atoms with E-state index in [1.54, 1.807) is 0 Å². The Morgan fingerprint density at radius 1 is 0.773 bits per heavy atom. The fourth-order valence-corrected chi connectivity index (χ4v) is 2.04. The van der Waals surface area contributed by atoms with Gasteiger partial charge in [-0.15, -0.1) is 0 Å². The van der Waals surface area contributed by atoms with Crippen molar-refractivity contribution in [1.29, 1.82) is 0 Å². The molecule has 0 atom stereocenters. The molecule has 0 heterocycles. The van der Waals surface area contributed by atoms with E-state index in [9.17, 15) is 4.79 Å². The van der Waals surface area contributed by atoms with Crippen molar-refractivity contribution in [2.24, 2.45) is 0 Å². The first-order valence-corrected chi connectivity index (χ1v) is 8.91. The van der Waals surface area contributed by atoms with Crippen molar-refractivity contribution >= 4 is 5.97 Å². The minimum atomic E-state index is -0.0819. The van der Waals surface area contributed by atoms with Crippen LogP contribution in [0.3, 0.4) is 0 Å². The molecule has 0 amide bonds. The van der Waals surface area contributed by atoms with Crippen LogP contribution < -0.4 is 0 Å². The second-order valence-electron chi connectivity index (χ2n) is 5.42. The molecule has 0 bridgehead atoms. The Kier molecular flexibility index (Phi) is 16.7. The summed E-state index contributed by atoms with van der Waals surface area (Å²) in [5.41, 5.74) is 0. The van der Waals surface area contributed by atoms with Crippen molar-refractivity contribution in [3.05, 3.63) is 36.5 Å². The van der Waals surface area contributed by atoms with Gasteiger partial charge in [-0.2, -0.15) is 0 Å². The van der Waals surface area contributed by atoms with Gasteiger partial charge in [-0.25, -0.2) is 0 Å². The normalized spacial score (nSPS) is 11.9. The molecule has 0 rings (SSSR count). The summed E-state index contributed by atoms with van der Waals surface area (Å²) in [6.07, 6.45) is 24.2. The topological polar surface area (TPSA) is 26.3 Å². The van der Waals surface area contributed by atoms with E-state index in [2.05, 4.69) is 43.4 Å². The molecule has 0 fully saturated rings. The molecule has 0 N–H and O–H groups in total. The Labute approximate surface area is 137 Å². The lowest BCUT2D eigenvalue weighted by Crippen LogP contribution is -2.02. The summed E-state index contributed by atoms with van der Waals surface area (Å²) in [7, 11) is 0. The summed E-state index contributed by atoms with van der Waals surface area (Å²) in [5.74, 6) is -0.0819. The van der Waals surface area contributed by atoms with Gasteiger partial charge in [-0.05, 0) is 51.9 Å². The summed E-state index contributed by atoms with van der Waals surface area (Å²) in [6, 6.07) is 0. The van der Waals surface area contributed by atoms with Crippen LogP contribution in [0, 0.1) is 0 Å². The van der Waals surface area contributed by atoms with Gasteiger partial charge in [-0.3, -0.25) is 4.79 Å². The third kappa shape index (κ3) is 16.7. The third-order valence-corrected chi connectivity index (χ3v) is 3.30. The van der Waals surface area contributed by atoms with Gasteiger partial charge in [0.15, 0.2) is 0 Å². The van der Waals surface area contributed by atoms with Crippen LogP contribution in [0.2, 0.25) is 0 Å². The number of allylic oxidation sites excluding steroid dienone is 6. The van der Waals surface area contributed by atoms with E-state index in [1.807, 2.05) is 6.92 Å². The molecule has 126 valence electrons. The number of hydrogen-bond acceptors (Lipinski definition) is 2. The number of rotatable bonds is 14. The molecule has 0 aromatic carbocycles. The van der Waals surface area contributed by atoms with Gasteiger partial charge in [-0.1, -0.05) is 56.2 Å². The van der Waals surface area contributed by atoms with Gasteiger partial charge in [0, 0.05) is 6.42 Å². The molecule has 2 nitrogen and oxygen atoms in total. The predicted octanol–water partition coefficient (Wildman–Crippen LogP) is 6.14. The van der Waals surface area contributed by atoms with Crippen LogP contribution >= 0.6 is 0 Å². The minimum Gasteiger partial charge on any atom is -0.466 e. The van der Waals surface area contributed by atoms with Crippen LogP contribution in [0.5, 0.6) is 0 Å². The smallest absolute Gasteiger partial charge is 0.305 e. The molecule has 0 saturated heterocycles. The molecular formula is C20H34O2. The van der Waals surface area contributed by atoms with Crippen molar-refractivity contribution in [2.75, 3.05) is 6.61 Å². The lowest BCUT2D eigenvalue weighted by atomic mass is 10.2. The SMILES string of the molecule is CCCCCC=CCC=CCCC=CCCCC(=O)OCC. The number of esters is 1. The second-order valence-corrected chi connectivity index (χ2v) is 5.42. The monoisotopic (exact) mass is 306 g/mol. The minimum absolute atomic E-state index is 0.0819. The standard InChI is InChI=1S/C20H34O2/c1-3-5-6-7-8-9-10-11-12-13-14-15-16-17-18-19-20(21)22-4-2/h8-9,11-12,15-16H,3-7,10,13-14,17-19H2,1-2H3. The lowest BCUT2D eigenvalue weighted by Gasteiger charge is -1.98. The maximum absolute atomic E-state index is 11.1. The molecule has 0 radical (unpaired) electrons. The van der Waals surface area contributed by atoms with Crippen LogP contribution in [0.1, 0.15) is 78.1 Å². The number of carbonyl (C=O) groups excluding carboxylic acids is 1. The number of ether oxygens (including phenoxy) is 1. The van der Waals surface area contributed by atoms with Crippen molar-refractivity contribution in [2.45, 2.75) is 78.1 Å². The summed E-state index contributed by atoms with van der Waals surface area (Å²) in [6.45, 7) is 4.56. The predicted molar refractivity (Wildman–Crippen MR) is 95.9 cm³/mol. The van der Waals surface area contributed by atoms with Crippen molar-refractivity contribution in [3.8, 4) is 0 Å². The first-order valence-electron chi connectivity index (χ1n) is 8.91. The van der Waals surface area contributed by atoms with Gasteiger partial charge in [0.25, 0.3) is 0 Å². The molecule has 0 aromatic heterocycles. The largest absolute Gasteiger partial charge is 0.466 e. The highest BCUT2D eigenvalue weighted by Gasteiger charge is 1.98. The fraction of sp³-hybridized carbons (Fsp3) is 0.650. The Balaban J connectivity index is 3.35. The second kappa shape index (κ2) is 17.7. The van der Waals surface area contributed by atoms with Crippen LogP contribution in [0.25, 0.3) is 0 Å². The van der Waals surface area contributed by atoms with E-state index in [1.165, 1.54) is 25.7 Å². The Hall–Kier alpha value is -1.31. The van der Waals surface area contributed by atoms with E-state index in [-0.39, 0.29) is 5.97 Å². The van der Waals surface area contributed by atoms with Gasteiger partial charge >= 0.3 is 5.97 Å². The van der Waals surface area contributed by atoms with Crippen molar-refractivity contribution < 1.29 is 9.53 Å². The molecular weight excluding hydrogens is 272 g/mol. The molecule has 0 aliphatic carbocycles. The van der Waals surface area contributed by atoms with Crippen molar-refractivity contribution in [3.63, 3.8) is 0 Å². The molecule has 2 heteroatoms. The van der Waals surface area contributed by atoms with Gasteiger partial charge in [0.1, 0.15) is 0 Å². The maximum Gasteiger partial charge on any atom is 0.305 e. The van der Waals surface area contributed by atoms with Crippen LogP contribution in [-0.4, -0.2) is 12.6 Å². The zero-order chi connectivity index (χ0) is 16.3. The molecule has 0 unspecified atom stereocenters. The number of unbranched alkanes of at least 4 members (excludes halogenated alkanes) is 5. The lowest BCUT2D eigenvalue weighted by molar-refractivity contribution is -0.143. The molecule has 0 aromatic rings. The number of hydrogen-bond donors (Lipinski definition) is 0. The summed E-state index contributed by atoms with van der Waals surface area (Å²) in [5, 5.41) is 0. The molecule has 0 saturated carbocycles. The molecule has 0 aliphatic rings.